The van der Waals surface area contributed by atoms with Crippen molar-refractivity contribution in [1.29, 1.82) is 0 Å². The van der Waals surface area contributed by atoms with Gasteiger partial charge in [-0.05, 0) is 24.6 Å². The number of rotatable bonds is 4. The number of piperidine rings is 1. The second kappa shape index (κ2) is 6.57. The lowest BCUT2D eigenvalue weighted by Crippen LogP contribution is -3.10. The van der Waals surface area contributed by atoms with Crippen molar-refractivity contribution in [3.63, 3.8) is 0 Å². The Morgan fingerprint density at radius 3 is 2.79 bits per heavy atom. The largest absolute Gasteiger partial charge is 0.482 e. The lowest BCUT2D eigenvalue weighted by atomic mass is 10.1. The molecule has 0 aliphatic carbocycles. The van der Waals surface area contributed by atoms with Crippen LogP contribution in [0.4, 0.5) is 0 Å². The van der Waals surface area contributed by atoms with Crippen LogP contribution < -0.4 is 9.64 Å². The van der Waals surface area contributed by atoms with Crippen molar-refractivity contribution in [2.75, 3.05) is 26.7 Å². The summed E-state index contributed by atoms with van der Waals surface area (Å²) in [7, 11) is 2.17. The van der Waals surface area contributed by atoms with E-state index < -0.39 is 0 Å². The van der Waals surface area contributed by atoms with Crippen LogP contribution in [0.3, 0.4) is 0 Å². The van der Waals surface area contributed by atoms with E-state index in [1.165, 1.54) is 4.90 Å². The first-order chi connectivity index (χ1) is 9.13. The maximum atomic E-state index is 11.7. The van der Waals surface area contributed by atoms with Gasteiger partial charge in [0.1, 0.15) is 11.9 Å². The number of carbonyl (C=O) groups excluding carboxylic acids is 1. The topological polar surface area (TPSA) is 40.0 Å². The van der Waals surface area contributed by atoms with E-state index in [0.717, 1.165) is 31.5 Å². The maximum absolute atomic E-state index is 11.7. The number of aryl methyl sites for hydroxylation is 1. The van der Waals surface area contributed by atoms with Gasteiger partial charge in [-0.2, -0.15) is 0 Å². The van der Waals surface area contributed by atoms with E-state index in [9.17, 15) is 4.79 Å². The van der Waals surface area contributed by atoms with Crippen LogP contribution in [0.15, 0.2) is 24.3 Å². The summed E-state index contributed by atoms with van der Waals surface area (Å²) in [6, 6.07) is 7.66. The Labute approximate surface area is 114 Å². The Kier molecular flexibility index (Phi) is 4.80. The number of nitrogens with one attached hydrogen (secondary N) is 1. The standard InChI is InChI=1S/C15H21NO3/c1-12-4-3-5-14(10-12)18-11-15(17)19-13-6-8-16(2)9-7-13/h3-5,10,13H,6-9,11H2,1-2H3/p+1. The maximum Gasteiger partial charge on any atom is 0.344 e. The molecule has 1 fully saturated rings. The molecule has 0 bridgehead atoms. The molecule has 1 aliphatic heterocycles. The molecule has 1 N–H and O–H groups in total. The molecule has 0 radical (unpaired) electrons. The van der Waals surface area contributed by atoms with Crippen LogP contribution in [0.2, 0.25) is 0 Å². The van der Waals surface area contributed by atoms with Crippen LogP contribution in [-0.4, -0.2) is 38.8 Å². The number of quaternary nitrogens is 1. The minimum absolute atomic E-state index is 0.0113. The van der Waals surface area contributed by atoms with Crippen LogP contribution in [0.5, 0.6) is 5.75 Å². The Balaban J connectivity index is 1.73. The van der Waals surface area contributed by atoms with Gasteiger partial charge in [-0.3, -0.25) is 0 Å². The van der Waals surface area contributed by atoms with Gasteiger partial charge in [-0.15, -0.1) is 0 Å². The molecule has 4 heteroatoms. The average Bonchev–Trinajstić information content (AvgIpc) is 2.39. The highest BCUT2D eigenvalue weighted by Gasteiger charge is 2.22. The molecular weight excluding hydrogens is 242 g/mol. The Morgan fingerprint density at radius 2 is 2.11 bits per heavy atom. The third-order valence-corrected chi connectivity index (χ3v) is 3.43. The molecular formula is C15H22NO3+. The molecule has 19 heavy (non-hydrogen) atoms. The molecule has 1 heterocycles. The molecule has 4 nitrogen and oxygen atoms in total. The molecule has 0 unspecified atom stereocenters. The van der Waals surface area contributed by atoms with Gasteiger partial charge in [0.05, 0.1) is 20.1 Å². The second-order valence-corrected chi connectivity index (χ2v) is 5.25. The van der Waals surface area contributed by atoms with E-state index in [0.29, 0.717) is 5.75 Å². The molecule has 0 spiro atoms. The van der Waals surface area contributed by atoms with Crippen LogP contribution in [0, 0.1) is 6.92 Å². The molecule has 1 saturated heterocycles. The monoisotopic (exact) mass is 264 g/mol. The van der Waals surface area contributed by atoms with Gasteiger partial charge in [0.25, 0.3) is 0 Å². The number of hydrogen-bond donors (Lipinski definition) is 1. The van der Waals surface area contributed by atoms with Crippen molar-refractivity contribution in [2.45, 2.75) is 25.9 Å². The zero-order valence-corrected chi connectivity index (χ0v) is 11.6. The highest BCUT2D eigenvalue weighted by molar-refractivity contribution is 5.71. The van der Waals surface area contributed by atoms with Crippen molar-refractivity contribution < 1.29 is 19.2 Å². The zero-order chi connectivity index (χ0) is 13.7. The number of likely N-dealkylation sites (tertiary alicyclic amines) is 1. The first-order valence-electron chi connectivity index (χ1n) is 6.84. The molecule has 1 aromatic rings. The van der Waals surface area contributed by atoms with Crippen molar-refractivity contribution in [3.8, 4) is 5.75 Å². The minimum atomic E-state index is -0.272. The third-order valence-electron chi connectivity index (χ3n) is 3.43. The van der Waals surface area contributed by atoms with Gasteiger partial charge >= 0.3 is 5.97 Å². The summed E-state index contributed by atoms with van der Waals surface area (Å²) < 4.78 is 10.8. The van der Waals surface area contributed by atoms with Gasteiger partial charge in [-0.1, -0.05) is 12.1 Å². The van der Waals surface area contributed by atoms with Crippen LogP contribution in [-0.2, 0) is 9.53 Å². The average molecular weight is 264 g/mol. The fourth-order valence-electron chi connectivity index (χ4n) is 2.27. The Hall–Kier alpha value is -1.55. The van der Waals surface area contributed by atoms with E-state index in [2.05, 4.69) is 7.05 Å². The smallest absolute Gasteiger partial charge is 0.344 e. The van der Waals surface area contributed by atoms with E-state index in [4.69, 9.17) is 9.47 Å². The fraction of sp³-hybridized carbons (Fsp3) is 0.533. The highest BCUT2D eigenvalue weighted by Crippen LogP contribution is 2.12. The number of hydrogen-bond acceptors (Lipinski definition) is 3. The van der Waals surface area contributed by atoms with E-state index in [1.807, 2.05) is 31.2 Å². The van der Waals surface area contributed by atoms with E-state index in [1.54, 1.807) is 0 Å². The van der Waals surface area contributed by atoms with E-state index >= 15 is 0 Å². The number of benzene rings is 1. The summed E-state index contributed by atoms with van der Waals surface area (Å²) >= 11 is 0. The molecule has 0 amide bonds. The highest BCUT2D eigenvalue weighted by atomic mass is 16.6. The second-order valence-electron chi connectivity index (χ2n) is 5.25. The third kappa shape index (κ3) is 4.56. The summed E-state index contributed by atoms with van der Waals surface area (Å²) in [5.74, 6) is 0.441. The molecule has 1 aliphatic rings. The van der Waals surface area contributed by atoms with Crippen LogP contribution >= 0.6 is 0 Å². The summed E-state index contributed by atoms with van der Waals surface area (Å²) in [5, 5.41) is 0. The molecule has 104 valence electrons. The van der Waals surface area contributed by atoms with Gasteiger partial charge < -0.3 is 14.4 Å². The molecule has 2 rings (SSSR count). The fourth-order valence-corrected chi connectivity index (χ4v) is 2.27. The van der Waals surface area contributed by atoms with Crippen molar-refractivity contribution in [3.05, 3.63) is 29.8 Å². The lowest BCUT2D eigenvalue weighted by Gasteiger charge is -2.26. The molecule has 1 aromatic carbocycles. The van der Waals surface area contributed by atoms with Crippen molar-refractivity contribution >= 4 is 5.97 Å². The summed E-state index contributed by atoms with van der Waals surface area (Å²) in [4.78, 5) is 13.2. The van der Waals surface area contributed by atoms with Crippen LogP contribution in [0.1, 0.15) is 18.4 Å². The minimum Gasteiger partial charge on any atom is -0.482 e. The summed E-state index contributed by atoms with van der Waals surface area (Å²) in [6.45, 7) is 4.11. The normalized spacial score (nSPS) is 22.8. The summed E-state index contributed by atoms with van der Waals surface area (Å²) in [5.41, 5.74) is 1.11. The molecule has 0 saturated carbocycles. The van der Waals surface area contributed by atoms with Gasteiger partial charge in [-0.25, -0.2) is 4.79 Å². The first kappa shape index (κ1) is 13.9. The predicted molar refractivity (Wildman–Crippen MR) is 72.4 cm³/mol. The van der Waals surface area contributed by atoms with Crippen LogP contribution in [0.25, 0.3) is 0 Å². The molecule has 0 aromatic heterocycles. The zero-order valence-electron chi connectivity index (χ0n) is 11.6. The van der Waals surface area contributed by atoms with Gasteiger partial charge in [0.15, 0.2) is 6.61 Å². The first-order valence-corrected chi connectivity index (χ1v) is 6.84. The van der Waals surface area contributed by atoms with Gasteiger partial charge in [0, 0.05) is 12.8 Å². The summed E-state index contributed by atoms with van der Waals surface area (Å²) in [6.07, 6.45) is 1.96. The number of ether oxygens (including phenoxy) is 2. The van der Waals surface area contributed by atoms with E-state index in [-0.39, 0.29) is 18.7 Å². The quantitative estimate of drug-likeness (QED) is 0.809. The Bertz CT molecular complexity index is 425. The predicted octanol–water partition coefficient (Wildman–Crippen LogP) is 0.594. The SMILES string of the molecule is Cc1cccc(OCC(=O)OC2CC[NH+](C)CC2)c1. The van der Waals surface area contributed by atoms with Gasteiger partial charge in [0.2, 0.25) is 0 Å². The molecule has 0 atom stereocenters. The number of carbonyl (C=O) groups is 1. The van der Waals surface area contributed by atoms with Crippen molar-refractivity contribution in [1.82, 2.24) is 0 Å². The number of esters is 1. The Morgan fingerprint density at radius 1 is 1.37 bits per heavy atom. The lowest BCUT2D eigenvalue weighted by molar-refractivity contribution is -0.885. The van der Waals surface area contributed by atoms with Crippen molar-refractivity contribution in [2.24, 2.45) is 0 Å².